The second-order valence-corrected chi connectivity index (χ2v) is 17.9. The minimum absolute atomic E-state index is 0.0518. The molecule has 2 aromatic rings. The molecule has 2 bridgehead atoms. The molecule has 3 fully saturated rings. The third-order valence-electron chi connectivity index (χ3n) is 6.00. The van der Waals surface area contributed by atoms with Crippen molar-refractivity contribution in [2.24, 2.45) is 5.92 Å². The van der Waals surface area contributed by atoms with Crippen LogP contribution in [0.5, 0.6) is 0 Å². The third kappa shape index (κ3) is 6.27. The van der Waals surface area contributed by atoms with E-state index in [1.54, 1.807) is 18.2 Å². The number of nitrogen functional groups attached to an aromatic ring is 2. The van der Waals surface area contributed by atoms with Gasteiger partial charge in [-0.1, -0.05) is 0 Å². The van der Waals surface area contributed by atoms with E-state index in [4.69, 9.17) is 16.2 Å². The zero-order valence-electron chi connectivity index (χ0n) is 17.9. The van der Waals surface area contributed by atoms with E-state index >= 15 is 0 Å². The van der Waals surface area contributed by atoms with E-state index in [0.29, 0.717) is 31.2 Å². The van der Waals surface area contributed by atoms with Crippen LogP contribution in [0.3, 0.4) is 0 Å². The molecule has 0 aromatic heterocycles. The number of alkyl halides is 5. The van der Waals surface area contributed by atoms with Gasteiger partial charge in [0.25, 0.3) is 0 Å². The molecule has 0 spiro atoms. The summed E-state index contributed by atoms with van der Waals surface area (Å²) >= 11 is -1.23. The van der Waals surface area contributed by atoms with E-state index in [-0.39, 0.29) is 39.2 Å². The van der Waals surface area contributed by atoms with Gasteiger partial charge in [0.15, 0.2) is 0 Å². The van der Waals surface area contributed by atoms with Crippen LogP contribution in [-0.4, -0.2) is 39.6 Å². The summed E-state index contributed by atoms with van der Waals surface area (Å²) in [4.78, 5) is 25.4. The number of anilines is 3. The Balaban J connectivity index is 1.37. The maximum absolute atomic E-state index is 12.8. The van der Waals surface area contributed by atoms with Crippen molar-refractivity contribution in [3.05, 3.63) is 54.1 Å². The number of Topliss-reactive ketones (excluding diaryl/α,β-unsaturated/α-hetero) is 1. The van der Waals surface area contributed by atoms with Crippen LogP contribution >= 0.6 is 19.8 Å². The van der Waals surface area contributed by atoms with Crippen molar-refractivity contribution < 1.29 is 35.5 Å². The fraction of sp³-hybridized carbons (Fsp3) is 0.417. The summed E-state index contributed by atoms with van der Waals surface area (Å²) in [6.45, 7) is 0. The first-order valence-corrected chi connectivity index (χ1v) is 18.2. The average molecular weight is 662 g/mol. The van der Waals surface area contributed by atoms with E-state index in [1.165, 1.54) is 26.1 Å². The fourth-order valence-corrected chi connectivity index (χ4v) is 17.9. The number of carbonyl (C=O) groups is 2. The van der Waals surface area contributed by atoms with E-state index < -0.39 is 19.8 Å². The van der Waals surface area contributed by atoms with Crippen molar-refractivity contribution in [3.63, 3.8) is 0 Å². The molecule has 3 aliphatic rings. The minimum atomic E-state index is -0.906. The van der Waals surface area contributed by atoms with Crippen molar-refractivity contribution in [3.8, 4) is 0 Å². The van der Waals surface area contributed by atoms with E-state index in [1.807, 2.05) is 30.3 Å². The summed E-state index contributed by atoms with van der Waals surface area (Å²) in [5.41, 5.74) is 14.0. The van der Waals surface area contributed by atoms with E-state index in [0.717, 1.165) is 12.1 Å². The molecule has 1 unspecified atom stereocenters. The molecule has 5 rings (SSSR count). The predicted molar refractivity (Wildman–Crippen MR) is 135 cm³/mol. The van der Waals surface area contributed by atoms with Crippen LogP contribution in [0.1, 0.15) is 29.6 Å². The van der Waals surface area contributed by atoms with Crippen LogP contribution in [0.25, 0.3) is 0 Å². The van der Waals surface area contributed by atoms with Crippen LogP contribution < -0.4 is 38.0 Å². The normalized spacial score (nSPS) is 23.9. The number of carbonyl (C=O) groups excluding carboxylic acids is 2. The van der Waals surface area contributed by atoms with Gasteiger partial charge in [-0.15, -0.1) is 0 Å². The van der Waals surface area contributed by atoms with Gasteiger partial charge in [0, 0.05) is 0 Å². The van der Waals surface area contributed by atoms with Gasteiger partial charge in [-0.2, -0.15) is 0 Å². The Hall–Kier alpha value is -1.56. The summed E-state index contributed by atoms with van der Waals surface area (Å²) in [6, 6.07) is 14.6. The molecule has 8 heteroatoms. The molecule has 2 aromatic carbocycles. The number of hydrogen-bond donors (Lipinski definition) is 3. The molecule has 6 nitrogen and oxygen atoms in total. The predicted octanol–water partition coefficient (Wildman–Crippen LogP) is 1.43. The molecule has 2 atom stereocenters. The van der Waals surface area contributed by atoms with Gasteiger partial charge in [-0.3, -0.25) is 0 Å². The zero-order valence-corrected chi connectivity index (χ0v) is 22.3. The number of amides is 1. The van der Waals surface area contributed by atoms with E-state index in [9.17, 15) is 9.59 Å². The van der Waals surface area contributed by atoms with Crippen LogP contribution in [0, 0.1) is 5.92 Å². The van der Waals surface area contributed by atoms with Gasteiger partial charge >= 0.3 is 208 Å². The molecular weight excluding hydrogens is 632 g/mol. The van der Waals surface area contributed by atoms with Crippen molar-refractivity contribution in [2.45, 2.75) is 29.3 Å². The molecular formula is C24H30I2N3O3-. The molecule has 1 amide bonds. The first-order chi connectivity index (χ1) is 15.5. The Morgan fingerprint density at radius 3 is 2.53 bits per heavy atom. The number of halogens is 2. The number of ether oxygens (including phenoxy) is 1. The molecule has 174 valence electrons. The van der Waals surface area contributed by atoms with Crippen LogP contribution in [-0.2, 0) is 4.74 Å². The third-order valence-corrected chi connectivity index (χ3v) is 17.6. The Kier molecular flexibility index (Phi) is 8.14. The molecule has 0 radical (unpaired) electrons. The number of nitrogens with one attached hydrogen (secondary N) is 1. The van der Waals surface area contributed by atoms with Crippen LogP contribution in [0.4, 0.5) is 21.9 Å². The van der Waals surface area contributed by atoms with Crippen molar-refractivity contribution >= 4 is 48.8 Å². The second-order valence-electron chi connectivity index (χ2n) is 8.26. The van der Waals surface area contributed by atoms with Gasteiger partial charge < -0.3 is 0 Å². The monoisotopic (exact) mass is 662 g/mol. The average Bonchev–Trinajstić information content (AvgIpc) is 2.78. The number of ketones is 1. The topological polar surface area (TPSA) is 107 Å². The SMILES string of the molecule is Nc1ccc(C(=O)C[I-]C2C[C@H](OC(=O)Nc3ccccc3)C3CCI(CC3)C2)cc1N. The molecule has 0 aliphatic carbocycles. The molecule has 32 heavy (non-hydrogen) atoms. The van der Waals surface area contributed by atoms with Gasteiger partial charge in [0.2, 0.25) is 0 Å². The standard InChI is InChI=1S/C24H30I2N3O3/c27-20-7-6-17(12-21(20)28)22(30)14-25-18-13-23(16-8-10-26(15-18)11-9-16)32-24(31)29-19-4-2-1-3-5-19/h1-7,12,16,18,23H,8-11,13-15,27-28H2,(H,29,31)/q-1/t18?,23-/m0/s1. The fourth-order valence-electron chi connectivity index (χ4n) is 4.16. The van der Waals surface area contributed by atoms with Gasteiger partial charge in [0.05, 0.1) is 0 Å². The molecule has 5 N–H and O–H groups in total. The first kappa shape index (κ1) is 23.6. The number of hydrogen-bond acceptors (Lipinski definition) is 5. The Labute approximate surface area is 206 Å². The maximum atomic E-state index is 12.8. The molecule has 0 saturated carbocycles. The van der Waals surface area contributed by atoms with E-state index in [2.05, 4.69) is 5.32 Å². The number of rotatable bonds is 6. The van der Waals surface area contributed by atoms with Crippen LogP contribution in [0.15, 0.2) is 48.5 Å². The van der Waals surface area contributed by atoms with Crippen molar-refractivity contribution in [2.75, 3.05) is 34.5 Å². The Morgan fingerprint density at radius 1 is 1.06 bits per heavy atom. The second kappa shape index (κ2) is 11.0. The van der Waals surface area contributed by atoms with Gasteiger partial charge in [-0.25, -0.2) is 0 Å². The summed E-state index contributed by atoms with van der Waals surface area (Å²) in [6.07, 6.45) is 2.88. The summed E-state index contributed by atoms with van der Waals surface area (Å²) in [5.74, 6) is 0.615. The quantitative estimate of drug-likeness (QED) is 0.188. The van der Waals surface area contributed by atoms with Crippen LogP contribution in [0.2, 0.25) is 0 Å². The Bertz CT molecular complexity index is 949. The molecule has 3 aliphatic heterocycles. The number of para-hydroxylation sites is 1. The Morgan fingerprint density at radius 2 is 1.81 bits per heavy atom. The number of fused-ring (bicyclic) bond motifs is 5. The van der Waals surface area contributed by atoms with Gasteiger partial charge in [-0.05, 0) is 0 Å². The summed E-state index contributed by atoms with van der Waals surface area (Å²) < 4.78 is 11.2. The summed E-state index contributed by atoms with van der Waals surface area (Å²) in [7, 11) is 0. The van der Waals surface area contributed by atoms with Crippen molar-refractivity contribution in [1.29, 1.82) is 0 Å². The zero-order chi connectivity index (χ0) is 22.5. The first-order valence-electron chi connectivity index (χ1n) is 10.8. The number of nitrogens with two attached hydrogens (primary N) is 2. The molecule has 3 saturated heterocycles. The summed E-state index contributed by atoms with van der Waals surface area (Å²) in [5, 5.41) is 2.86. The number of benzene rings is 2. The molecule has 3 heterocycles. The van der Waals surface area contributed by atoms with Gasteiger partial charge in [0.1, 0.15) is 0 Å². The van der Waals surface area contributed by atoms with Crippen molar-refractivity contribution in [1.82, 2.24) is 0 Å².